The summed E-state index contributed by atoms with van der Waals surface area (Å²) >= 11 is 0. The molecule has 0 bridgehead atoms. The van der Waals surface area contributed by atoms with Crippen molar-refractivity contribution < 1.29 is 9.63 Å². The Hall–Kier alpha value is -0.830. The molecule has 0 aliphatic heterocycles. The molecule has 0 saturated carbocycles. The van der Waals surface area contributed by atoms with Gasteiger partial charge in [0.05, 0.1) is 7.11 Å². The summed E-state index contributed by atoms with van der Waals surface area (Å²) in [7, 11) is 1.39. The second-order valence-corrected chi connectivity index (χ2v) is 1.17. The molecule has 0 aliphatic carbocycles. The van der Waals surface area contributed by atoms with Gasteiger partial charge in [-0.1, -0.05) is 6.08 Å². The third-order valence-electron chi connectivity index (χ3n) is 0.521. The summed E-state index contributed by atoms with van der Waals surface area (Å²) in [6.07, 6.45) is 3.01. The van der Waals surface area contributed by atoms with Crippen molar-refractivity contribution in [2.24, 2.45) is 0 Å². The maximum Gasteiger partial charge on any atom is 0.267 e. The summed E-state index contributed by atoms with van der Waals surface area (Å²) in [5.74, 6) is -0.241. The molecule has 0 unspecified atom stereocenters. The first kappa shape index (κ1) is 7.17. The average molecular weight is 115 g/mol. The van der Waals surface area contributed by atoms with Gasteiger partial charge in [-0.15, -0.1) is 0 Å². The molecular formula is C5H9NO2. The van der Waals surface area contributed by atoms with Gasteiger partial charge in [-0.25, -0.2) is 5.48 Å². The van der Waals surface area contributed by atoms with Gasteiger partial charge in [0.1, 0.15) is 0 Å². The summed E-state index contributed by atoms with van der Waals surface area (Å²) < 4.78 is 0. The van der Waals surface area contributed by atoms with Crippen molar-refractivity contribution in [1.29, 1.82) is 0 Å². The van der Waals surface area contributed by atoms with Crippen LogP contribution in [0.2, 0.25) is 0 Å². The largest absolute Gasteiger partial charge is 0.277 e. The Bertz CT molecular complexity index is 98.6. The molecule has 0 radical (unpaired) electrons. The summed E-state index contributed by atoms with van der Waals surface area (Å²) in [6.45, 7) is 1.76. The molecule has 3 heteroatoms. The number of amides is 1. The lowest BCUT2D eigenvalue weighted by Gasteiger charge is -1.92. The van der Waals surface area contributed by atoms with Crippen LogP contribution in [0.5, 0.6) is 0 Å². The van der Waals surface area contributed by atoms with Crippen LogP contribution in [-0.4, -0.2) is 13.0 Å². The van der Waals surface area contributed by atoms with Crippen LogP contribution in [0.1, 0.15) is 6.92 Å². The zero-order valence-corrected chi connectivity index (χ0v) is 4.97. The fraction of sp³-hybridized carbons (Fsp3) is 0.400. The van der Waals surface area contributed by atoms with E-state index in [0.29, 0.717) is 0 Å². The average Bonchev–Trinajstić information content (AvgIpc) is 1.68. The second kappa shape index (κ2) is 4.33. The van der Waals surface area contributed by atoms with Gasteiger partial charge in [0.15, 0.2) is 0 Å². The summed E-state index contributed by atoms with van der Waals surface area (Å²) in [5.41, 5.74) is 2.12. The molecule has 3 nitrogen and oxygen atoms in total. The molecule has 0 aromatic rings. The van der Waals surface area contributed by atoms with Crippen LogP contribution in [0.25, 0.3) is 0 Å². The zero-order chi connectivity index (χ0) is 6.41. The van der Waals surface area contributed by atoms with Gasteiger partial charge >= 0.3 is 0 Å². The lowest BCUT2D eigenvalue weighted by atomic mass is 10.5. The number of allylic oxidation sites excluding steroid dienone is 1. The number of carbonyl (C=O) groups is 1. The lowest BCUT2D eigenvalue weighted by molar-refractivity contribution is -0.126. The second-order valence-electron chi connectivity index (χ2n) is 1.17. The van der Waals surface area contributed by atoms with Crippen LogP contribution >= 0.6 is 0 Å². The summed E-state index contributed by atoms with van der Waals surface area (Å²) in [4.78, 5) is 14.6. The maximum atomic E-state index is 10.3. The van der Waals surface area contributed by atoms with Crippen LogP contribution in [0.3, 0.4) is 0 Å². The van der Waals surface area contributed by atoms with Gasteiger partial charge in [-0.3, -0.25) is 9.63 Å². The molecule has 0 saturated heterocycles. The van der Waals surface area contributed by atoms with E-state index in [1.54, 1.807) is 13.0 Å². The Labute approximate surface area is 48.3 Å². The van der Waals surface area contributed by atoms with E-state index in [2.05, 4.69) is 10.3 Å². The fourth-order valence-corrected chi connectivity index (χ4v) is 0.286. The van der Waals surface area contributed by atoms with E-state index < -0.39 is 0 Å². The molecule has 1 amide bonds. The summed E-state index contributed by atoms with van der Waals surface area (Å²) in [6, 6.07) is 0. The number of nitrogens with one attached hydrogen (secondary N) is 1. The van der Waals surface area contributed by atoms with Crippen molar-refractivity contribution in [3.63, 3.8) is 0 Å². The smallest absolute Gasteiger partial charge is 0.267 e. The van der Waals surface area contributed by atoms with E-state index in [4.69, 9.17) is 0 Å². The predicted octanol–water partition coefficient (Wildman–Crippen LogP) is 0.240. The number of carbonyl (C=O) groups excluding carboxylic acids is 1. The molecule has 0 aromatic heterocycles. The van der Waals surface area contributed by atoms with Crippen LogP contribution in [0.4, 0.5) is 0 Å². The minimum absolute atomic E-state index is 0.241. The third-order valence-corrected chi connectivity index (χ3v) is 0.521. The minimum atomic E-state index is -0.241. The Balaban J connectivity index is 3.33. The van der Waals surface area contributed by atoms with Gasteiger partial charge in [0.25, 0.3) is 5.91 Å². The molecule has 1 N–H and O–H groups in total. The van der Waals surface area contributed by atoms with Crippen LogP contribution < -0.4 is 5.48 Å². The highest BCUT2D eigenvalue weighted by Gasteiger charge is 1.86. The molecule has 46 valence electrons. The maximum absolute atomic E-state index is 10.3. The number of rotatable bonds is 2. The van der Waals surface area contributed by atoms with E-state index in [9.17, 15) is 4.79 Å². The SMILES string of the molecule is C/C=C/C(=O)NOC. The molecule has 0 spiro atoms. The van der Waals surface area contributed by atoms with Crippen molar-refractivity contribution in [2.45, 2.75) is 6.92 Å². The van der Waals surface area contributed by atoms with Crippen molar-refractivity contribution in [1.82, 2.24) is 5.48 Å². The first-order valence-corrected chi connectivity index (χ1v) is 2.27. The molecule has 8 heavy (non-hydrogen) atoms. The number of hydrogen-bond donors (Lipinski definition) is 1. The van der Waals surface area contributed by atoms with Gasteiger partial charge < -0.3 is 0 Å². The van der Waals surface area contributed by atoms with E-state index in [0.717, 1.165) is 0 Å². The van der Waals surface area contributed by atoms with Crippen molar-refractivity contribution in [2.75, 3.05) is 7.11 Å². The normalized spacial score (nSPS) is 9.75. The first-order valence-electron chi connectivity index (χ1n) is 2.27. The van der Waals surface area contributed by atoms with Gasteiger partial charge in [-0.2, -0.15) is 0 Å². The number of hydrogen-bond acceptors (Lipinski definition) is 2. The quantitative estimate of drug-likeness (QED) is 0.413. The topological polar surface area (TPSA) is 38.3 Å². The highest BCUT2D eigenvalue weighted by atomic mass is 16.6. The Morgan fingerprint density at radius 2 is 2.38 bits per heavy atom. The van der Waals surface area contributed by atoms with Crippen LogP contribution in [-0.2, 0) is 9.63 Å². The van der Waals surface area contributed by atoms with Crippen LogP contribution in [0.15, 0.2) is 12.2 Å². The van der Waals surface area contributed by atoms with Crippen molar-refractivity contribution >= 4 is 5.91 Å². The van der Waals surface area contributed by atoms with E-state index >= 15 is 0 Å². The third kappa shape index (κ3) is 3.36. The standard InChI is InChI=1S/C5H9NO2/c1-3-4-5(7)6-8-2/h3-4H,1-2H3,(H,6,7)/b4-3+. The van der Waals surface area contributed by atoms with Crippen LogP contribution in [0, 0.1) is 0 Å². The highest BCUT2D eigenvalue weighted by Crippen LogP contribution is 1.68. The summed E-state index contributed by atoms with van der Waals surface area (Å²) in [5, 5.41) is 0. The molecule has 0 rings (SSSR count). The van der Waals surface area contributed by atoms with Crippen molar-refractivity contribution in [3.8, 4) is 0 Å². The van der Waals surface area contributed by atoms with Crippen molar-refractivity contribution in [3.05, 3.63) is 12.2 Å². The van der Waals surface area contributed by atoms with Gasteiger partial charge in [0.2, 0.25) is 0 Å². The molecule has 0 aliphatic rings. The fourth-order valence-electron chi connectivity index (χ4n) is 0.286. The Morgan fingerprint density at radius 3 is 2.75 bits per heavy atom. The first-order chi connectivity index (χ1) is 3.81. The number of hydroxylamine groups is 1. The Kier molecular flexibility index (Phi) is 3.88. The highest BCUT2D eigenvalue weighted by molar-refractivity contribution is 5.86. The van der Waals surface area contributed by atoms with Gasteiger partial charge in [-0.05, 0) is 6.92 Å². The predicted molar refractivity (Wildman–Crippen MR) is 30.0 cm³/mol. The molecular weight excluding hydrogens is 106 g/mol. The van der Waals surface area contributed by atoms with Gasteiger partial charge in [0, 0.05) is 6.08 Å². The zero-order valence-electron chi connectivity index (χ0n) is 4.97. The van der Waals surface area contributed by atoms with E-state index in [1.807, 2.05) is 0 Å². The monoisotopic (exact) mass is 115 g/mol. The molecule has 0 heterocycles. The molecule has 0 fully saturated rings. The van der Waals surface area contributed by atoms with E-state index in [-0.39, 0.29) is 5.91 Å². The molecule has 0 aromatic carbocycles. The van der Waals surface area contributed by atoms with E-state index in [1.165, 1.54) is 13.2 Å². The Morgan fingerprint density at radius 1 is 1.75 bits per heavy atom. The lowest BCUT2D eigenvalue weighted by Crippen LogP contribution is -2.18. The molecule has 0 atom stereocenters. The minimum Gasteiger partial charge on any atom is -0.277 e.